The van der Waals surface area contributed by atoms with Gasteiger partial charge in [0.15, 0.2) is 5.96 Å². The molecule has 8 heteroatoms. The molecule has 124 valence electrons. The van der Waals surface area contributed by atoms with Crippen molar-refractivity contribution in [2.24, 2.45) is 12.0 Å². The van der Waals surface area contributed by atoms with Gasteiger partial charge in [0.05, 0.1) is 18.1 Å². The molecule has 0 aliphatic heterocycles. The number of benzene rings is 1. The van der Waals surface area contributed by atoms with Crippen LogP contribution in [0.15, 0.2) is 35.6 Å². The van der Waals surface area contributed by atoms with E-state index in [4.69, 9.17) is 16.3 Å². The van der Waals surface area contributed by atoms with E-state index in [0.29, 0.717) is 29.8 Å². The van der Waals surface area contributed by atoms with Gasteiger partial charge in [0.25, 0.3) is 0 Å². The molecule has 1 aromatic carbocycles. The molecule has 0 saturated carbocycles. The normalized spacial score (nSPS) is 12.8. The molecule has 0 aliphatic carbocycles. The third kappa shape index (κ3) is 5.14. The van der Waals surface area contributed by atoms with Crippen LogP contribution in [0.25, 0.3) is 0 Å². The maximum atomic E-state index is 6.08. The van der Waals surface area contributed by atoms with Crippen molar-refractivity contribution in [2.75, 3.05) is 13.6 Å². The molecule has 1 unspecified atom stereocenters. The van der Waals surface area contributed by atoms with Gasteiger partial charge in [0.2, 0.25) is 0 Å². The first-order valence-electron chi connectivity index (χ1n) is 7.28. The molecule has 23 heavy (non-hydrogen) atoms. The zero-order valence-electron chi connectivity index (χ0n) is 13.5. The zero-order chi connectivity index (χ0) is 16.7. The van der Waals surface area contributed by atoms with Crippen molar-refractivity contribution in [1.82, 2.24) is 25.4 Å². The molecule has 1 atom stereocenters. The lowest BCUT2D eigenvalue weighted by molar-refractivity contribution is 0.224. The number of hydrogen-bond donors (Lipinski definition) is 2. The molecular weight excluding hydrogens is 316 g/mol. The minimum atomic E-state index is -0.0664. The van der Waals surface area contributed by atoms with Crippen LogP contribution in [0.3, 0.4) is 0 Å². The monoisotopic (exact) mass is 336 g/mol. The number of nitrogens with one attached hydrogen (secondary N) is 2. The van der Waals surface area contributed by atoms with Crippen LogP contribution >= 0.6 is 11.6 Å². The van der Waals surface area contributed by atoms with E-state index >= 15 is 0 Å². The number of aliphatic imine (C=N–C) groups is 1. The summed E-state index contributed by atoms with van der Waals surface area (Å²) in [6.45, 7) is 3.09. The first-order valence-corrected chi connectivity index (χ1v) is 7.66. The molecule has 2 N–H and O–H groups in total. The van der Waals surface area contributed by atoms with Crippen molar-refractivity contribution < 1.29 is 4.74 Å². The minimum absolute atomic E-state index is 0.0664. The van der Waals surface area contributed by atoms with E-state index in [0.717, 1.165) is 5.82 Å². The fourth-order valence-electron chi connectivity index (χ4n) is 1.90. The van der Waals surface area contributed by atoms with Gasteiger partial charge in [-0.2, -0.15) is 5.10 Å². The van der Waals surface area contributed by atoms with E-state index in [1.54, 1.807) is 17.8 Å². The van der Waals surface area contributed by atoms with Crippen molar-refractivity contribution in [3.8, 4) is 5.75 Å². The smallest absolute Gasteiger partial charge is 0.191 e. The molecule has 0 spiro atoms. The predicted molar refractivity (Wildman–Crippen MR) is 90.7 cm³/mol. The molecular formula is C15H21ClN6O. The molecule has 2 aromatic rings. The Bertz CT molecular complexity index is 657. The minimum Gasteiger partial charge on any atom is -0.487 e. The second-order valence-electron chi connectivity index (χ2n) is 4.97. The van der Waals surface area contributed by atoms with E-state index in [1.807, 2.05) is 32.2 Å². The molecule has 0 saturated heterocycles. The van der Waals surface area contributed by atoms with Crippen LogP contribution in [0.2, 0.25) is 5.02 Å². The average molecular weight is 337 g/mol. The first-order chi connectivity index (χ1) is 11.1. The largest absolute Gasteiger partial charge is 0.487 e. The summed E-state index contributed by atoms with van der Waals surface area (Å²) >= 11 is 6.08. The van der Waals surface area contributed by atoms with Gasteiger partial charge < -0.3 is 15.4 Å². The quantitative estimate of drug-likeness (QED) is 0.619. The molecule has 0 bridgehead atoms. The van der Waals surface area contributed by atoms with Crippen molar-refractivity contribution in [3.63, 3.8) is 0 Å². The summed E-state index contributed by atoms with van der Waals surface area (Å²) in [7, 11) is 3.56. The summed E-state index contributed by atoms with van der Waals surface area (Å²) in [5.41, 5.74) is 0. The average Bonchev–Trinajstić information content (AvgIpc) is 2.95. The van der Waals surface area contributed by atoms with Crippen molar-refractivity contribution in [3.05, 3.63) is 41.4 Å². The maximum absolute atomic E-state index is 6.08. The molecule has 0 aliphatic rings. The lowest BCUT2D eigenvalue weighted by Gasteiger charge is -2.18. The second kappa shape index (κ2) is 8.38. The Morgan fingerprint density at radius 2 is 2.17 bits per heavy atom. The van der Waals surface area contributed by atoms with E-state index in [9.17, 15) is 0 Å². The lowest BCUT2D eigenvalue weighted by Crippen LogP contribution is -2.41. The molecule has 7 nitrogen and oxygen atoms in total. The van der Waals surface area contributed by atoms with Crippen molar-refractivity contribution >= 4 is 17.6 Å². The highest BCUT2D eigenvalue weighted by Gasteiger charge is 2.08. The van der Waals surface area contributed by atoms with Crippen LogP contribution in [-0.4, -0.2) is 40.4 Å². The topological polar surface area (TPSA) is 76.4 Å². The SMILES string of the molecule is CN=C(NCc1ncnn1C)NCC(C)Oc1ccccc1Cl. The summed E-state index contributed by atoms with van der Waals surface area (Å²) < 4.78 is 7.52. The van der Waals surface area contributed by atoms with Crippen molar-refractivity contribution in [1.29, 1.82) is 0 Å². The van der Waals surface area contributed by atoms with Gasteiger partial charge in [0, 0.05) is 14.1 Å². The Hall–Kier alpha value is -2.28. The van der Waals surface area contributed by atoms with E-state index < -0.39 is 0 Å². The Kier molecular flexibility index (Phi) is 6.22. The number of nitrogens with zero attached hydrogens (tertiary/aromatic N) is 4. The number of rotatable bonds is 6. The second-order valence-corrected chi connectivity index (χ2v) is 5.37. The number of hydrogen-bond acceptors (Lipinski definition) is 4. The van der Waals surface area contributed by atoms with Gasteiger partial charge in [-0.25, -0.2) is 4.98 Å². The number of aromatic nitrogens is 3. The van der Waals surface area contributed by atoms with E-state index in [2.05, 4.69) is 25.7 Å². The number of para-hydroxylation sites is 1. The van der Waals surface area contributed by atoms with Gasteiger partial charge >= 0.3 is 0 Å². The van der Waals surface area contributed by atoms with Crippen LogP contribution in [0.1, 0.15) is 12.7 Å². The third-order valence-corrected chi connectivity index (χ3v) is 3.48. The van der Waals surface area contributed by atoms with Crippen LogP contribution in [0.5, 0.6) is 5.75 Å². The fraction of sp³-hybridized carbons (Fsp3) is 0.400. The molecule has 2 rings (SSSR count). The molecule has 1 heterocycles. The van der Waals surface area contributed by atoms with Crippen LogP contribution < -0.4 is 15.4 Å². The maximum Gasteiger partial charge on any atom is 0.191 e. The summed E-state index contributed by atoms with van der Waals surface area (Å²) in [6.07, 6.45) is 1.45. The Labute approximate surface area is 140 Å². The number of guanidine groups is 1. The fourth-order valence-corrected chi connectivity index (χ4v) is 2.08. The number of aryl methyl sites for hydroxylation is 1. The highest BCUT2D eigenvalue weighted by atomic mass is 35.5. The Morgan fingerprint density at radius 3 is 2.83 bits per heavy atom. The standard InChI is InChI=1S/C15H21ClN6O/c1-11(23-13-7-5-4-6-12(13)16)8-18-15(17-2)19-9-14-20-10-21-22(14)3/h4-7,10-11H,8-9H2,1-3H3,(H2,17,18,19). The summed E-state index contributed by atoms with van der Waals surface area (Å²) in [5, 5.41) is 11.0. The lowest BCUT2D eigenvalue weighted by atomic mass is 10.3. The van der Waals surface area contributed by atoms with Gasteiger partial charge in [-0.3, -0.25) is 9.67 Å². The Morgan fingerprint density at radius 1 is 1.39 bits per heavy atom. The van der Waals surface area contributed by atoms with Gasteiger partial charge in [-0.1, -0.05) is 23.7 Å². The zero-order valence-corrected chi connectivity index (χ0v) is 14.2. The van der Waals surface area contributed by atoms with E-state index in [-0.39, 0.29) is 6.10 Å². The summed E-state index contributed by atoms with van der Waals surface area (Å²) in [5.74, 6) is 2.17. The molecule has 0 radical (unpaired) electrons. The van der Waals surface area contributed by atoms with Gasteiger partial charge in [-0.15, -0.1) is 0 Å². The van der Waals surface area contributed by atoms with Gasteiger partial charge in [-0.05, 0) is 19.1 Å². The van der Waals surface area contributed by atoms with Crippen molar-refractivity contribution in [2.45, 2.75) is 19.6 Å². The number of halogens is 1. The van der Waals surface area contributed by atoms with Gasteiger partial charge in [0.1, 0.15) is 24.0 Å². The molecule has 0 amide bonds. The first kappa shape index (κ1) is 17.1. The molecule has 0 fully saturated rings. The van der Waals surface area contributed by atoms with Crippen LogP contribution in [0, 0.1) is 0 Å². The van der Waals surface area contributed by atoms with Crippen LogP contribution in [-0.2, 0) is 13.6 Å². The predicted octanol–water partition coefficient (Wildman–Crippen LogP) is 1.60. The number of ether oxygens (including phenoxy) is 1. The molecule has 1 aromatic heterocycles. The highest BCUT2D eigenvalue weighted by Crippen LogP contribution is 2.23. The Balaban J connectivity index is 1.79. The summed E-state index contributed by atoms with van der Waals surface area (Å²) in [6, 6.07) is 7.41. The van der Waals surface area contributed by atoms with Crippen LogP contribution in [0.4, 0.5) is 0 Å². The highest BCUT2D eigenvalue weighted by molar-refractivity contribution is 6.32. The van der Waals surface area contributed by atoms with E-state index in [1.165, 1.54) is 6.33 Å². The summed E-state index contributed by atoms with van der Waals surface area (Å²) in [4.78, 5) is 8.32. The third-order valence-electron chi connectivity index (χ3n) is 3.16.